The lowest BCUT2D eigenvalue weighted by molar-refractivity contribution is -0.122. The van der Waals surface area contributed by atoms with E-state index in [9.17, 15) is 14.4 Å². The molecule has 1 unspecified atom stereocenters. The minimum absolute atomic E-state index is 0.00185. The lowest BCUT2D eigenvalue weighted by atomic mass is 10.1. The molecule has 0 bridgehead atoms. The molecule has 2 aromatic rings. The predicted octanol–water partition coefficient (Wildman–Crippen LogP) is 1.35. The number of carbonyl (C=O) groups is 3. The van der Waals surface area contributed by atoms with E-state index in [-0.39, 0.29) is 24.3 Å². The normalized spacial score (nSPS) is 11.2. The van der Waals surface area contributed by atoms with Crippen molar-refractivity contribution in [2.45, 2.75) is 13.0 Å². The molecule has 2 aromatic carbocycles. The van der Waals surface area contributed by atoms with Crippen LogP contribution in [-0.4, -0.2) is 36.9 Å². The van der Waals surface area contributed by atoms with Crippen molar-refractivity contribution in [3.8, 4) is 0 Å². The fraction of sp³-hybridized carbons (Fsp3) is 0.211. The summed E-state index contributed by atoms with van der Waals surface area (Å²) in [6.45, 7) is 2.22. The van der Waals surface area contributed by atoms with Crippen LogP contribution in [0.25, 0.3) is 0 Å². The van der Waals surface area contributed by atoms with Gasteiger partial charge >= 0.3 is 0 Å². The molecule has 2 rings (SSSR count). The zero-order chi connectivity index (χ0) is 18.1. The number of hydrogen-bond donors (Lipinski definition) is 3. The summed E-state index contributed by atoms with van der Waals surface area (Å²) in [5, 5.41) is 8.00. The highest BCUT2D eigenvalue weighted by atomic mass is 16.2. The molecule has 0 heterocycles. The average Bonchev–Trinajstić information content (AvgIpc) is 2.66. The Morgan fingerprint density at radius 1 is 0.800 bits per heavy atom. The summed E-state index contributed by atoms with van der Waals surface area (Å²) in [6, 6.07) is 16.4. The Bertz CT molecular complexity index is 717. The van der Waals surface area contributed by atoms with Crippen LogP contribution in [0.3, 0.4) is 0 Å². The summed E-state index contributed by atoms with van der Waals surface area (Å²) < 4.78 is 0. The maximum Gasteiger partial charge on any atom is 0.251 e. The van der Waals surface area contributed by atoms with E-state index in [1.54, 1.807) is 61.5 Å². The summed E-state index contributed by atoms with van der Waals surface area (Å²) in [4.78, 5) is 36.6. The van der Waals surface area contributed by atoms with Gasteiger partial charge in [0.1, 0.15) is 6.04 Å². The summed E-state index contributed by atoms with van der Waals surface area (Å²) in [7, 11) is 0. The van der Waals surface area contributed by atoms with E-state index in [1.807, 2.05) is 6.07 Å². The van der Waals surface area contributed by atoms with Crippen molar-refractivity contribution in [1.82, 2.24) is 16.0 Å². The highest BCUT2D eigenvalue weighted by molar-refractivity contribution is 5.98. The van der Waals surface area contributed by atoms with Gasteiger partial charge in [-0.25, -0.2) is 0 Å². The first kappa shape index (κ1) is 18.2. The van der Waals surface area contributed by atoms with Crippen molar-refractivity contribution in [1.29, 1.82) is 0 Å². The smallest absolute Gasteiger partial charge is 0.251 e. The Kier molecular flexibility index (Phi) is 6.71. The van der Waals surface area contributed by atoms with E-state index in [2.05, 4.69) is 16.0 Å². The maximum absolute atomic E-state index is 12.3. The van der Waals surface area contributed by atoms with Crippen LogP contribution < -0.4 is 16.0 Å². The van der Waals surface area contributed by atoms with Crippen molar-refractivity contribution >= 4 is 17.7 Å². The van der Waals surface area contributed by atoms with E-state index in [0.717, 1.165) is 0 Å². The Balaban J connectivity index is 2.02. The lowest BCUT2D eigenvalue weighted by Gasteiger charge is -2.18. The van der Waals surface area contributed by atoms with Crippen molar-refractivity contribution in [3.63, 3.8) is 0 Å². The van der Waals surface area contributed by atoms with Gasteiger partial charge in [0, 0.05) is 24.2 Å². The minimum Gasteiger partial charge on any atom is -0.355 e. The maximum atomic E-state index is 12.3. The minimum atomic E-state index is -0.861. The van der Waals surface area contributed by atoms with E-state index >= 15 is 0 Å². The Morgan fingerprint density at radius 2 is 1.32 bits per heavy atom. The first-order valence-corrected chi connectivity index (χ1v) is 8.08. The van der Waals surface area contributed by atoms with E-state index in [0.29, 0.717) is 17.7 Å². The van der Waals surface area contributed by atoms with Gasteiger partial charge in [0.25, 0.3) is 11.8 Å². The van der Waals surface area contributed by atoms with E-state index in [4.69, 9.17) is 0 Å². The van der Waals surface area contributed by atoms with Crippen LogP contribution in [0.1, 0.15) is 27.6 Å². The second kappa shape index (κ2) is 9.22. The van der Waals surface area contributed by atoms with Gasteiger partial charge in [-0.05, 0) is 31.2 Å². The molecular weight excluding hydrogens is 318 g/mol. The summed E-state index contributed by atoms with van der Waals surface area (Å²) in [5.74, 6) is -1.02. The zero-order valence-corrected chi connectivity index (χ0v) is 14.0. The molecule has 0 saturated carbocycles. The number of rotatable bonds is 7. The molecule has 3 amide bonds. The van der Waals surface area contributed by atoms with Gasteiger partial charge in [0.05, 0.1) is 0 Å². The van der Waals surface area contributed by atoms with Gasteiger partial charge in [-0.3, -0.25) is 14.4 Å². The third-order valence-corrected chi connectivity index (χ3v) is 3.51. The number of nitrogens with one attached hydrogen (secondary N) is 3. The fourth-order valence-electron chi connectivity index (χ4n) is 2.22. The van der Waals surface area contributed by atoms with E-state index in [1.165, 1.54) is 0 Å². The zero-order valence-electron chi connectivity index (χ0n) is 14.0. The van der Waals surface area contributed by atoms with E-state index < -0.39 is 6.04 Å². The van der Waals surface area contributed by atoms with Crippen LogP contribution >= 0.6 is 0 Å². The second-order valence-corrected chi connectivity index (χ2v) is 5.36. The number of carbonyl (C=O) groups excluding carboxylic acids is 3. The van der Waals surface area contributed by atoms with Gasteiger partial charge in [-0.2, -0.15) is 0 Å². The van der Waals surface area contributed by atoms with Gasteiger partial charge in [0.15, 0.2) is 0 Å². The predicted molar refractivity (Wildman–Crippen MR) is 95.2 cm³/mol. The summed E-state index contributed by atoms with van der Waals surface area (Å²) in [5.41, 5.74) is 0.942. The average molecular weight is 339 g/mol. The van der Waals surface area contributed by atoms with Gasteiger partial charge in [0.2, 0.25) is 5.91 Å². The van der Waals surface area contributed by atoms with Gasteiger partial charge in [-0.15, -0.1) is 0 Å². The van der Waals surface area contributed by atoms with Crippen LogP contribution in [0.4, 0.5) is 0 Å². The first-order valence-electron chi connectivity index (χ1n) is 8.08. The topological polar surface area (TPSA) is 87.3 Å². The van der Waals surface area contributed by atoms with Gasteiger partial charge in [-0.1, -0.05) is 36.4 Å². The van der Waals surface area contributed by atoms with Crippen molar-refractivity contribution < 1.29 is 14.4 Å². The molecule has 0 radical (unpaired) electrons. The SMILES string of the molecule is CCNC(=O)C(CNC(=O)c1ccccc1)NC(=O)c1ccccc1. The number of hydrogen-bond acceptors (Lipinski definition) is 3. The standard InChI is InChI=1S/C19H21N3O3/c1-2-20-19(25)16(22-18(24)15-11-7-4-8-12-15)13-21-17(23)14-9-5-3-6-10-14/h3-12,16H,2,13H2,1H3,(H,20,25)(H,21,23)(H,22,24). The van der Waals surface area contributed by atoms with Crippen LogP contribution in [0.2, 0.25) is 0 Å². The Hall–Kier alpha value is -3.15. The third kappa shape index (κ3) is 5.46. The monoisotopic (exact) mass is 339 g/mol. The highest BCUT2D eigenvalue weighted by Crippen LogP contribution is 2.00. The summed E-state index contributed by atoms with van der Waals surface area (Å²) in [6.07, 6.45) is 0. The van der Waals surface area contributed by atoms with Crippen molar-refractivity contribution in [2.24, 2.45) is 0 Å². The molecule has 130 valence electrons. The van der Waals surface area contributed by atoms with Crippen LogP contribution in [0.15, 0.2) is 60.7 Å². The molecule has 3 N–H and O–H groups in total. The summed E-state index contributed by atoms with van der Waals surface area (Å²) >= 11 is 0. The van der Waals surface area contributed by atoms with Crippen molar-refractivity contribution in [3.05, 3.63) is 71.8 Å². The van der Waals surface area contributed by atoms with Crippen LogP contribution in [-0.2, 0) is 4.79 Å². The molecular formula is C19H21N3O3. The van der Waals surface area contributed by atoms with Crippen LogP contribution in [0, 0.1) is 0 Å². The molecule has 1 atom stereocenters. The Morgan fingerprint density at radius 3 is 1.84 bits per heavy atom. The molecule has 0 saturated heterocycles. The largest absolute Gasteiger partial charge is 0.355 e. The molecule has 0 spiro atoms. The van der Waals surface area contributed by atoms with Gasteiger partial charge < -0.3 is 16.0 Å². The highest BCUT2D eigenvalue weighted by Gasteiger charge is 2.21. The number of likely N-dealkylation sites (N-methyl/N-ethyl adjacent to an activating group) is 1. The first-order chi connectivity index (χ1) is 12.1. The second-order valence-electron chi connectivity index (χ2n) is 5.36. The Labute approximate surface area is 146 Å². The third-order valence-electron chi connectivity index (χ3n) is 3.51. The fourth-order valence-corrected chi connectivity index (χ4v) is 2.22. The molecule has 0 aliphatic heterocycles. The number of benzene rings is 2. The van der Waals surface area contributed by atoms with Crippen LogP contribution in [0.5, 0.6) is 0 Å². The lowest BCUT2D eigenvalue weighted by Crippen LogP contribution is -2.52. The molecule has 0 fully saturated rings. The quantitative estimate of drug-likeness (QED) is 0.712. The molecule has 0 aromatic heterocycles. The number of amides is 3. The molecule has 6 nitrogen and oxygen atoms in total. The van der Waals surface area contributed by atoms with Crippen molar-refractivity contribution in [2.75, 3.05) is 13.1 Å². The molecule has 0 aliphatic rings. The molecule has 25 heavy (non-hydrogen) atoms. The molecule has 6 heteroatoms. The molecule has 0 aliphatic carbocycles.